The molecule has 1 atom stereocenters. The zero-order chi connectivity index (χ0) is 32.7. The zero-order valence-corrected chi connectivity index (χ0v) is 25.8. The van der Waals surface area contributed by atoms with E-state index in [1.165, 1.54) is 39.9 Å². The molecule has 0 saturated carbocycles. The highest BCUT2D eigenvalue weighted by atomic mass is 19.1. The number of rotatable bonds is 5. The van der Waals surface area contributed by atoms with Gasteiger partial charge in [-0.3, -0.25) is 9.67 Å². The minimum absolute atomic E-state index is 0.134. The molecule has 1 aromatic carbocycles. The van der Waals surface area contributed by atoms with Crippen molar-refractivity contribution in [3.8, 4) is 22.5 Å². The maximum atomic E-state index is 15.0. The smallest absolute Gasteiger partial charge is 0.427 e. The van der Waals surface area contributed by atoms with Gasteiger partial charge in [0.15, 0.2) is 5.65 Å². The molecule has 0 aliphatic heterocycles. The second kappa shape index (κ2) is 11.7. The molecule has 234 valence electrons. The maximum absolute atomic E-state index is 15.0. The maximum Gasteiger partial charge on any atom is 0.427 e. The summed E-state index contributed by atoms with van der Waals surface area (Å²) < 4.78 is 42.0. The first-order chi connectivity index (χ1) is 21.1. The molecule has 12 nitrogen and oxygen atoms in total. The van der Waals surface area contributed by atoms with Gasteiger partial charge in [0.25, 0.3) is 5.95 Å². The standard InChI is InChI=1S/C31H32F2N8O4/c1-18(19-8-10-21(32)11-9-19)40-17-22(26(33)37-40)24-16-34-15-23(35-24)20-12-13-39-25(14-20)36-27(38-39)41(28(42)44-30(2,3)4)29(43)45-31(5,6)7/h8-18H,1-7H3. The summed E-state index contributed by atoms with van der Waals surface area (Å²) in [5.41, 5.74) is 0.561. The van der Waals surface area contributed by atoms with Crippen molar-refractivity contribution in [1.29, 1.82) is 0 Å². The number of amides is 2. The Morgan fingerprint density at radius 1 is 0.867 bits per heavy atom. The van der Waals surface area contributed by atoms with Crippen LogP contribution in [0.25, 0.3) is 28.2 Å². The van der Waals surface area contributed by atoms with E-state index in [0.717, 1.165) is 5.56 Å². The van der Waals surface area contributed by atoms with Crippen molar-refractivity contribution < 1.29 is 27.8 Å². The third kappa shape index (κ3) is 7.11. The minimum atomic E-state index is -0.997. The lowest BCUT2D eigenvalue weighted by molar-refractivity contribution is 0.0427. The quantitative estimate of drug-likeness (QED) is 0.213. The highest BCUT2D eigenvalue weighted by Crippen LogP contribution is 2.27. The Labute approximate surface area is 257 Å². The summed E-state index contributed by atoms with van der Waals surface area (Å²) >= 11 is 0. The fraction of sp³-hybridized carbons (Fsp3) is 0.323. The third-order valence-corrected chi connectivity index (χ3v) is 6.32. The van der Waals surface area contributed by atoms with Crippen molar-refractivity contribution in [3.05, 3.63) is 78.5 Å². The number of pyridine rings is 1. The fourth-order valence-corrected chi connectivity index (χ4v) is 4.25. The van der Waals surface area contributed by atoms with E-state index in [2.05, 4.69) is 25.1 Å². The molecule has 5 rings (SSSR count). The molecule has 0 N–H and O–H groups in total. The van der Waals surface area contributed by atoms with Gasteiger partial charge >= 0.3 is 12.2 Å². The molecule has 14 heteroatoms. The molecule has 0 fully saturated rings. The average Bonchev–Trinajstić information content (AvgIpc) is 3.54. The van der Waals surface area contributed by atoms with E-state index < -0.39 is 29.3 Å². The van der Waals surface area contributed by atoms with Crippen LogP contribution in [0.1, 0.15) is 60.1 Å². The van der Waals surface area contributed by atoms with Crippen LogP contribution < -0.4 is 4.90 Å². The molecule has 4 heterocycles. The van der Waals surface area contributed by atoms with Gasteiger partial charge in [-0.25, -0.2) is 23.5 Å². The summed E-state index contributed by atoms with van der Waals surface area (Å²) in [4.78, 5) is 39.9. The van der Waals surface area contributed by atoms with Crippen LogP contribution >= 0.6 is 0 Å². The lowest BCUT2D eigenvalue weighted by Gasteiger charge is -2.26. The Bertz CT molecular complexity index is 1850. The second-order valence-corrected chi connectivity index (χ2v) is 12.3. The van der Waals surface area contributed by atoms with Crippen LogP contribution in [0.4, 0.5) is 24.3 Å². The van der Waals surface area contributed by atoms with Gasteiger partial charge in [-0.2, -0.15) is 9.37 Å². The summed E-state index contributed by atoms with van der Waals surface area (Å²) in [6.07, 6.45) is 4.02. The molecule has 0 aliphatic carbocycles. The molecule has 0 aliphatic rings. The SMILES string of the molecule is CC(c1ccc(F)cc1)n1cc(-c2cncc(-c3ccn4nc(N(C(=O)OC(C)(C)C)C(=O)OC(C)(C)C)nc4c3)n2)c(F)n1. The van der Waals surface area contributed by atoms with Crippen molar-refractivity contribution in [2.75, 3.05) is 4.90 Å². The van der Waals surface area contributed by atoms with Crippen LogP contribution in [-0.4, -0.2) is 57.7 Å². The number of benzene rings is 1. The number of carbonyl (C=O) groups excluding carboxylic acids is 2. The topological polar surface area (TPSA) is 130 Å². The van der Waals surface area contributed by atoms with Crippen LogP contribution in [0, 0.1) is 11.8 Å². The monoisotopic (exact) mass is 618 g/mol. The zero-order valence-electron chi connectivity index (χ0n) is 25.8. The molecular formula is C31H32F2N8O4. The van der Waals surface area contributed by atoms with Gasteiger partial charge in [-0.15, -0.1) is 15.1 Å². The predicted molar refractivity (Wildman–Crippen MR) is 160 cm³/mol. The van der Waals surface area contributed by atoms with Gasteiger partial charge in [0.1, 0.15) is 17.0 Å². The number of carbonyl (C=O) groups is 2. The first-order valence-electron chi connectivity index (χ1n) is 14.0. The van der Waals surface area contributed by atoms with E-state index in [1.54, 1.807) is 72.0 Å². The molecule has 2 amide bonds. The van der Waals surface area contributed by atoms with Crippen LogP contribution in [0.2, 0.25) is 0 Å². The summed E-state index contributed by atoms with van der Waals surface area (Å²) in [6.45, 7) is 11.8. The van der Waals surface area contributed by atoms with E-state index >= 15 is 4.39 Å². The summed E-state index contributed by atoms with van der Waals surface area (Å²) in [6, 6.07) is 8.85. The van der Waals surface area contributed by atoms with E-state index in [4.69, 9.17) is 9.47 Å². The number of hydrogen-bond donors (Lipinski definition) is 0. The third-order valence-electron chi connectivity index (χ3n) is 6.32. The van der Waals surface area contributed by atoms with E-state index in [9.17, 15) is 14.0 Å². The predicted octanol–water partition coefficient (Wildman–Crippen LogP) is 6.61. The normalized spacial score (nSPS) is 12.6. The second-order valence-electron chi connectivity index (χ2n) is 12.3. The Balaban J connectivity index is 1.46. The van der Waals surface area contributed by atoms with Gasteiger partial charge in [0.2, 0.25) is 5.95 Å². The number of hydrogen-bond acceptors (Lipinski definition) is 9. The lowest BCUT2D eigenvalue weighted by Crippen LogP contribution is -2.44. The summed E-state index contributed by atoms with van der Waals surface area (Å²) in [7, 11) is 0. The Kier molecular flexibility index (Phi) is 8.08. The first kappa shape index (κ1) is 31.2. The number of fused-ring (bicyclic) bond motifs is 1. The van der Waals surface area contributed by atoms with Crippen molar-refractivity contribution >= 4 is 23.8 Å². The highest BCUT2D eigenvalue weighted by Gasteiger charge is 2.35. The van der Waals surface area contributed by atoms with Crippen molar-refractivity contribution in [2.24, 2.45) is 0 Å². The number of anilines is 1. The lowest BCUT2D eigenvalue weighted by atomic mass is 10.1. The number of imide groups is 1. The molecular weight excluding hydrogens is 586 g/mol. The Morgan fingerprint density at radius 3 is 2.11 bits per heavy atom. The van der Waals surface area contributed by atoms with Crippen LogP contribution in [-0.2, 0) is 9.47 Å². The number of aromatic nitrogens is 7. The molecule has 4 aromatic heterocycles. The van der Waals surface area contributed by atoms with Gasteiger partial charge in [-0.1, -0.05) is 12.1 Å². The molecule has 0 spiro atoms. The van der Waals surface area contributed by atoms with E-state index in [0.29, 0.717) is 16.2 Å². The van der Waals surface area contributed by atoms with Crippen LogP contribution in [0.5, 0.6) is 0 Å². The molecule has 1 unspecified atom stereocenters. The Hall–Kier alpha value is -5.27. The average molecular weight is 619 g/mol. The van der Waals surface area contributed by atoms with Gasteiger partial charge in [-0.05, 0) is 78.3 Å². The van der Waals surface area contributed by atoms with Gasteiger partial charge in [0, 0.05) is 18.0 Å². The van der Waals surface area contributed by atoms with Crippen LogP contribution in [0.15, 0.2) is 61.2 Å². The largest absolute Gasteiger partial charge is 0.443 e. The highest BCUT2D eigenvalue weighted by molar-refractivity contribution is 6.08. The molecule has 5 aromatic rings. The van der Waals surface area contributed by atoms with Crippen molar-refractivity contribution in [3.63, 3.8) is 0 Å². The first-order valence-corrected chi connectivity index (χ1v) is 14.0. The molecule has 0 bridgehead atoms. The van der Waals surface area contributed by atoms with Gasteiger partial charge < -0.3 is 9.47 Å². The minimum Gasteiger partial charge on any atom is -0.443 e. The van der Waals surface area contributed by atoms with Crippen LogP contribution in [0.3, 0.4) is 0 Å². The van der Waals surface area contributed by atoms with E-state index in [-0.39, 0.29) is 34.7 Å². The number of halogens is 2. The van der Waals surface area contributed by atoms with Gasteiger partial charge in [0.05, 0.1) is 35.4 Å². The number of ether oxygens (including phenoxy) is 2. The molecule has 45 heavy (non-hydrogen) atoms. The molecule has 0 saturated heterocycles. The Morgan fingerprint density at radius 2 is 1.49 bits per heavy atom. The van der Waals surface area contributed by atoms with E-state index in [1.807, 2.05) is 6.92 Å². The van der Waals surface area contributed by atoms with Crippen molar-refractivity contribution in [1.82, 2.24) is 34.3 Å². The summed E-state index contributed by atoms with van der Waals surface area (Å²) in [5, 5.41) is 8.30. The van der Waals surface area contributed by atoms with Crippen molar-refractivity contribution in [2.45, 2.75) is 65.7 Å². The fourth-order valence-electron chi connectivity index (χ4n) is 4.25. The molecule has 0 radical (unpaired) electrons. The number of nitrogens with zero attached hydrogens (tertiary/aromatic N) is 8. The summed E-state index contributed by atoms with van der Waals surface area (Å²) in [5.74, 6) is -1.35.